The summed E-state index contributed by atoms with van der Waals surface area (Å²) < 4.78 is 5.80. The van der Waals surface area contributed by atoms with Crippen molar-refractivity contribution in [3.8, 4) is 0 Å². The number of likely N-dealkylation sites (tertiary alicyclic amines) is 1. The van der Waals surface area contributed by atoms with Gasteiger partial charge in [-0.15, -0.1) is 0 Å². The minimum Gasteiger partial charge on any atom is -0.395 e. The van der Waals surface area contributed by atoms with E-state index in [0.29, 0.717) is 12.1 Å². The average molecular weight is 171 g/mol. The molecule has 1 N–H and O–H groups in total. The van der Waals surface area contributed by atoms with Crippen LogP contribution in [-0.4, -0.2) is 47.4 Å². The van der Waals surface area contributed by atoms with Crippen molar-refractivity contribution in [2.24, 2.45) is 0 Å². The van der Waals surface area contributed by atoms with E-state index in [-0.39, 0.29) is 12.2 Å². The molecule has 0 spiro atoms. The van der Waals surface area contributed by atoms with Gasteiger partial charge in [-0.2, -0.15) is 0 Å². The van der Waals surface area contributed by atoms with Crippen molar-refractivity contribution in [2.45, 2.75) is 38.0 Å². The Morgan fingerprint density at radius 1 is 1.58 bits per heavy atom. The van der Waals surface area contributed by atoms with Gasteiger partial charge in [-0.3, -0.25) is 4.90 Å². The molecule has 0 aromatic rings. The van der Waals surface area contributed by atoms with Crippen LogP contribution in [0.5, 0.6) is 0 Å². The zero-order valence-electron chi connectivity index (χ0n) is 7.79. The summed E-state index contributed by atoms with van der Waals surface area (Å²) in [6.45, 7) is 6.35. The number of β-amino-alcohol motifs (C(OH)–C–C–N with tert-alkyl or cyclic N) is 1. The number of hydrogen-bond donors (Lipinski definition) is 1. The zero-order valence-corrected chi connectivity index (χ0v) is 7.79. The molecule has 2 aliphatic rings. The minimum atomic E-state index is -0.00190. The molecule has 0 saturated carbocycles. The molecule has 2 bridgehead atoms. The van der Waals surface area contributed by atoms with Crippen LogP contribution in [0.4, 0.5) is 0 Å². The predicted molar refractivity (Wildman–Crippen MR) is 46.0 cm³/mol. The van der Waals surface area contributed by atoms with E-state index in [2.05, 4.69) is 18.7 Å². The second-order valence-electron chi connectivity index (χ2n) is 4.31. The van der Waals surface area contributed by atoms with Gasteiger partial charge < -0.3 is 9.84 Å². The van der Waals surface area contributed by atoms with Crippen LogP contribution in [0.1, 0.15) is 20.3 Å². The molecule has 2 saturated heterocycles. The molecule has 2 atom stereocenters. The quantitative estimate of drug-likeness (QED) is 0.645. The summed E-state index contributed by atoms with van der Waals surface area (Å²) >= 11 is 0. The van der Waals surface area contributed by atoms with Crippen LogP contribution in [0.3, 0.4) is 0 Å². The van der Waals surface area contributed by atoms with E-state index in [9.17, 15) is 0 Å². The monoisotopic (exact) mass is 171 g/mol. The van der Waals surface area contributed by atoms with Gasteiger partial charge in [0.25, 0.3) is 0 Å². The summed E-state index contributed by atoms with van der Waals surface area (Å²) in [5, 5.41) is 8.84. The predicted octanol–water partition coefficient (Wildman–Crippen LogP) is 0.230. The molecular weight excluding hydrogens is 154 g/mol. The van der Waals surface area contributed by atoms with Crippen molar-refractivity contribution in [3.63, 3.8) is 0 Å². The number of hydrogen-bond acceptors (Lipinski definition) is 3. The van der Waals surface area contributed by atoms with Crippen molar-refractivity contribution in [2.75, 3.05) is 19.7 Å². The van der Waals surface area contributed by atoms with Crippen molar-refractivity contribution in [1.29, 1.82) is 0 Å². The summed E-state index contributed by atoms with van der Waals surface area (Å²) in [6.07, 6.45) is 1.56. The molecule has 0 aromatic heterocycles. The Hall–Kier alpha value is -0.120. The number of aliphatic hydroxyl groups is 1. The van der Waals surface area contributed by atoms with Crippen LogP contribution >= 0.6 is 0 Å². The number of ether oxygens (including phenoxy) is 1. The summed E-state index contributed by atoms with van der Waals surface area (Å²) in [6, 6.07) is 0.523. The van der Waals surface area contributed by atoms with Crippen LogP contribution in [0, 0.1) is 0 Å². The SMILES string of the molecule is CC1(C)O[C@@H]2C[C@@H]1N(CCO)C2. The first kappa shape index (κ1) is 8.48. The highest BCUT2D eigenvalue weighted by molar-refractivity contribution is 5.02. The Balaban J connectivity index is 2.05. The van der Waals surface area contributed by atoms with E-state index in [4.69, 9.17) is 9.84 Å². The fourth-order valence-electron chi connectivity index (χ4n) is 2.55. The third kappa shape index (κ3) is 1.16. The fraction of sp³-hybridized carbons (Fsp3) is 1.00. The molecule has 12 heavy (non-hydrogen) atoms. The molecule has 2 heterocycles. The van der Waals surface area contributed by atoms with Gasteiger partial charge in [-0.1, -0.05) is 0 Å². The van der Waals surface area contributed by atoms with E-state index >= 15 is 0 Å². The lowest BCUT2D eigenvalue weighted by Crippen LogP contribution is -2.50. The second kappa shape index (κ2) is 2.69. The molecule has 3 heteroatoms. The van der Waals surface area contributed by atoms with E-state index < -0.39 is 0 Å². The molecule has 0 radical (unpaired) electrons. The molecule has 2 rings (SSSR count). The molecule has 3 nitrogen and oxygen atoms in total. The van der Waals surface area contributed by atoms with E-state index in [0.717, 1.165) is 19.5 Å². The van der Waals surface area contributed by atoms with Crippen molar-refractivity contribution in [1.82, 2.24) is 4.90 Å². The number of aliphatic hydroxyl groups excluding tert-OH is 1. The third-order valence-electron chi connectivity index (χ3n) is 3.03. The lowest BCUT2D eigenvalue weighted by atomic mass is 9.99. The van der Waals surface area contributed by atoms with Gasteiger partial charge in [0.05, 0.1) is 18.3 Å². The van der Waals surface area contributed by atoms with E-state index in [1.807, 2.05) is 0 Å². The summed E-state index contributed by atoms with van der Waals surface area (Å²) in [4.78, 5) is 2.34. The Bertz CT molecular complexity index is 181. The van der Waals surface area contributed by atoms with Gasteiger partial charge in [0.2, 0.25) is 0 Å². The van der Waals surface area contributed by atoms with E-state index in [1.165, 1.54) is 0 Å². The number of fused-ring (bicyclic) bond motifs is 2. The van der Waals surface area contributed by atoms with Gasteiger partial charge in [0.1, 0.15) is 0 Å². The van der Waals surface area contributed by atoms with Gasteiger partial charge in [0.15, 0.2) is 0 Å². The second-order valence-corrected chi connectivity index (χ2v) is 4.31. The van der Waals surface area contributed by atoms with Crippen LogP contribution in [0.25, 0.3) is 0 Å². The first-order valence-corrected chi connectivity index (χ1v) is 4.66. The topological polar surface area (TPSA) is 32.7 Å². The maximum Gasteiger partial charge on any atom is 0.0786 e. The van der Waals surface area contributed by atoms with Gasteiger partial charge in [-0.05, 0) is 20.3 Å². The van der Waals surface area contributed by atoms with Crippen molar-refractivity contribution < 1.29 is 9.84 Å². The third-order valence-corrected chi connectivity index (χ3v) is 3.03. The Morgan fingerprint density at radius 3 is 2.83 bits per heavy atom. The molecule has 70 valence electrons. The molecule has 0 unspecified atom stereocenters. The lowest BCUT2D eigenvalue weighted by molar-refractivity contribution is -0.0921. The van der Waals surface area contributed by atoms with Gasteiger partial charge in [0, 0.05) is 19.1 Å². The maximum absolute atomic E-state index is 8.84. The van der Waals surface area contributed by atoms with Crippen molar-refractivity contribution in [3.05, 3.63) is 0 Å². The van der Waals surface area contributed by atoms with Crippen molar-refractivity contribution >= 4 is 0 Å². The number of rotatable bonds is 2. The highest BCUT2D eigenvalue weighted by Crippen LogP contribution is 2.39. The van der Waals surface area contributed by atoms with Crippen LogP contribution in [-0.2, 0) is 4.74 Å². The largest absolute Gasteiger partial charge is 0.395 e. The standard InChI is InChI=1S/C9H17NO2/c1-9(2)8-5-7(12-9)6-10(8)3-4-11/h7-8,11H,3-6H2,1-2H3/t7-,8+/m1/s1. The molecule has 0 amide bonds. The first-order chi connectivity index (χ1) is 5.63. The fourth-order valence-corrected chi connectivity index (χ4v) is 2.55. The summed E-state index contributed by atoms with van der Waals surface area (Å²) in [5.41, 5.74) is -0.00190. The highest BCUT2D eigenvalue weighted by atomic mass is 16.5. The Morgan fingerprint density at radius 2 is 2.33 bits per heavy atom. The molecule has 2 fully saturated rings. The maximum atomic E-state index is 8.84. The Kier molecular flexibility index (Phi) is 1.90. The molecule has 0 aliphatic carbocycles. The van der Waals surface area contributed by atoms with E-state index in [1.54, 1.807) is 0 Å². The number of morpholine rings is 1. The highest BCUT2D eigenvalue weighted by Gasteiger charge is 2.50. The lowest BCUT2D eigenvalue weighted by Gasteiger charge is -2.38. The smallest absolute Gasteiger partial charge is 0.0786 e. The average Bonchev–Trinajstić information content (AvgIpc) is 2.42. The zero-order chi connectivity index (χ0) is 8.77. The molecular formula is C9H17NO2. The first-order valence-electron chi connectivity index (χ1n) is 4.66. The van der Waals surface area contributed by atoms with Crippen LogP contribution < -0.4 is 0 Å². The van der Waals surface area contributed by atoms with Gasteiger partial charge >= 0.3 is 0 Å². The summed E-state index contributed by atoms with van der Waals surface area (Å²) in [7, 11) is 0. The normalized spacial score (nSPS) is 39.2. The minimum absolute atomic E-state index is 0.00190. The van der Waals surface area contributed by atoms with Crippen LogP contribution in [0.2, 0.25) is 0 Å². The van der Waals surface area contributed by atoms with Gasteiger partial charge in [-0.25, -0.2) is 0 Å². The molecule has 2 aliphatic heterocycles. The Labute approximate surface area is 73.3 Å². The van der Waals surface area contributed by atoms with Crippen LogP contribution in [0.15, 0.2) is 0 Å². The molecule has 0 aromatic carbocycles. The number of nitrogens with zero attached hydrogens (tertiary/aromatic N) is 1. The summed E-state index contributed by atoms with van der Waals surface area (Å²) in [5.74, 6) is 0.